The van der Waals surface area contributed by atoms with Crippen molar-refractivity contribution >= 4 is 29.4 Å². The number of nitrogens with zero attached hydrogens (tertiary/aromatic N) is 2. The van der Waals surface area contributed by atoms with Crippen LogP contribution in [0, 0.1) is 0 Å². The second-order valence-corrected chi connectivity index (χ2v) is 8.67. The molecule has 180 valence electrons. The Kier molecular flexibility index (Phi) is 6.97. The Bertz CT molecular complexity index is 1500. The molecular weight excluding hydrogens is 468 g/mol. The summed E-state index contributed by atoms with van der Waals surface area (Å²) in [6.45, 7) is 3.66. The minimum atomic E-state index is -0.759. The minimum absolute atomic E-state index is 0.195. The molecule has 2 heterocycles. The molecule has 0 amide bonds. The third-order valence-corrected chi connectivity index (χ3v) is 6.56. The van der Waals surface area contributed by atoms with Crippen molar-refractivity contribution < 1.29 is 23.8 Å². The number of carbonyl (C=O) groups is 2. The smallest absolute Gasteiger partial charge is 0.338 e. The van der Waals surface area contributed by atoms with E-state index >= 15 is 0 Å². The van der Waals surface area contributed by atoms with Crippen LogP contribution in [0.4, 0.5) is 0 Å². The Morgan fingerprint density at radius 3 is 2.46 bits per heavy atom. The first-order valence-electron chi connectivity index (χ1n) is 10.9. The summed E-state index contributed by atoms with van der Waals surface area (Å²) in [5, 5.41) is 0. The van der Waals surface area contributed by atoms with E-state index in [4.69, 9.17) is 14.2 Å². The third-order valence-electron chi connectivity index (χ3n) is 5.58. The second kappa shape index (κ2) is 10.1. The average molecular weight is 493 g/mol. The number of allylic oxidation sites excluding steroid dienone is 1. The Hall–Kier alpha value is -3.98. The molecule has 1 aromatic heterocycles. The molecule has 9 heteroatoms. The maximum absolute atomic E-state index is 13.6. The SMILES string of the molecule is CCOC(=O)C1=C(C)N=c2s/c(=C/c3ccc(C(=O)OC)cc3)c(=O)n2[C@@H]1c1ccccc1OC. The number of para-hydroxylation sites is 1. The number of thiazole rings is 1. The van der Waals surface area contributed by atoms with Gasteiger partial charge in [0.05, 0.1) is 42.2 Å². The monoisotopic (exact) mass is 492 g/mol. The van der Waals surface area contributed by atoms with Gasteiger partial charge < -0.3 is 14.2 Å². The van der Waals surface area contributed by atoms with Gasteiger partial charge in [-0.2, -0.15) is 0 Å². The van der Waals surface area contributed by atoms with Crippen LogP contribution in [-0.4, -0.2) is 37.3 Å². The lowest BCUT2D eigenvalue weighted by Crippen LogP contribution is -2.40. The Balaban J connectivity index is 1.91. The lowest BCUT2D eigenvalue weighted by atomic mass is 9.95. The van der Waals surface area contributed by atoms with Crippen molar-refractivity contribution in [3.63, 3.8) is 0 Å². The number of hydrogen-bond donors (Lipinski definition) is 0. The van der Waals surface area contributed by atoms with Gasteiger partial charge in [-0.15, -0.1) is 0 Å². The largest absolute Gasteiger partial charge is 0.496 e. The van der Waals surface area contributed by atoms with Gasteiger partial charge >= 0.3 is 11.9 Å². The fraction of sp³-hybridized carbons (Fsp3) is 0.231. The first-order valence-corrected chi connectivity index (χ1v) is 11.7. The third kappa shape index (κ3) is 4.54. The molecular formula is C26H24N2O6S. The molecule has 0 radical (unpaired) electrons. The molecule has 0 spiro atoms. The van der Waals surface area contributed by atoms with E-state index in [0.717, 1.165) is 5.56 Å². The maximum Gasteiger partial charge on any atom is 0.338 e. The van der Waals surface area contributed by atoms with Crippen molar-refractivity contribution in [1.82, 2.24) is 4.57 Å². The van der Waals surface area contributed by atoms with E-state index in [1.807, 2.05) is 18.2 Å². The van der Waals surface area contributed by atoms with E-state index in [2.05, 4.69) is 4.99 Å². The molecule has 2 aromatic carbocycles. The molecule has 35 heavy (non-hydrogen) atoms. The fourth-order valence-electron chi connectivity index (χ4n) is 3.96. The number of hydrogen-bond acceptors (Lipinski definition) is 8. The summed E-state index contributed by atoms with van der Waals surface area (Å²) >= 11 is 1.22. The molecule has 1 aliphatic heterocycles. The number of methoxy groups -OCH3 is 2. The van der Waals surface area contributed by atoms with Gasteiger partial charge in [-0.3, -0.25) is 9.36 Å². The molecule has 1 aliphatic rings. The first-order chi connectivity index (χ1) is 16.9. The van der Waals surface area contributed by atoms with Gasteiger partial charge in [0, 0.05) is 5.56 Å². The summed E-state index contributed by atoms with van der Waals surface area (Å²) in [4.78, 5) is 43.4. The van der Waals surface area contributed by atoms with Crippen molar-refractivity contribution in [2.75, 3.05) is 20.8 Å². The van der Waals surface area contributed by atoms with Crippen molar-refractivity contribution in [2.24, 2.45) is 4.99 Å². The number of esters is 2. The molecule has 0 saturated heterocycles. The summed E-state index contributed by atoms with van der Waals surface area (Å²) in [7, 11) is 2.86. The van der Waals surface area contributed by atoms with Crippen LogP contribution >= 0.6 is 11.3 Å². The summed E-state index contributed by atoms with van der Waals surface area (Å²) in [6, 6.07) is 13.2. The van der Waals surface area contributed by atoms with E-state index in [1.165, 1.54) is 23.0 Å². The van der Waals surface area contributed by atoms with Gasteiger partial charge in [0.1, 0.15) is 11.8 Å². The van der Waals surface area contributed by atoms with E-state index < -0.39 is 18.0 Å². The lowest BCUT2D eigenvalue weighted by Gasteiger charge is -2.25. The number of carbonyl (C=O) groups excluding carboxylic acids is 2. The van der Waals surface area contributed by atoms with E-state index in [-0.39, 0.29) is 17.7 Å². The predicted octanol–water partition coefficient (Wildman–Crippen LogP) is 2.59. The summed E-state index contributed by atoms with van der Waals surface area (Å²) in [5.41, 5.74) is 2.28. The van der Waals surface area contributed by atoms with Crippen molar-refractivity contribution in [1.29, 1.82) is 0 Å². The quantitative estimate of drug-likeness (QED) is 0.491. The molecule has 3 aromatic rings. The minimum Gasteiger partial charge on any atom is -0.496 e. The number of fused-ring (bicyclic) bond motifs is 1. The van der Waals surface area contributed by atoms with Gasteiger partial charge in [0.2, 0.25) is 0 Å². The number of ether oxygens (including phenoxy) is 3. The highest BCUT2D eigenvalue weighted by molar-refractivity contribution is 7.07. The number of benzene rings is 2. The molecule has 0 bridgehead atoms. The molecule has 0 saturated carbocycles. The highest BCUT2D eigenvalue weighted by atomic mass is 32.1. The molecule has 4 rings (SSSR count). The topological polar surface area (TPSA) is 96.2 Å². The Labute approximate surface area is 205 Å². The first kappa shape index (κ1) is 24.2. The van der Waals surface area contributed by atoms with Gasteiger partial charge in [-0.05, 0) is 43.7 Å². The molecule has 0 fully saturated rings. The molecule has 0 aliphatic carbocycles. The van der Waals surface area contributed by atoms with Crippen LogP contribution in [0.2, 0.25) is 0 Å². The van der Waals surface area contributed by atoms with Crippen LogP contribution in [0.3, 0.4) is 0 Å². The maximum atomic E-state index is 13.6. The van der Waals surface area contributed by atoms with Crippen LogP contribution in [-0.2, 0) is 14.3 Å². The van der Waals surface area contributed by atoms with Crippen LogP contribution in [0.5, 0.6) is 5.75 Å². The van der Waals surface area contributed by atoms with Crippen molar-refractivity contribution in [2.45, 2.75) is 19.9 Å². The Morgan fingerprint density at radius 1 is 1.09 bits per heavy atom. The summed E-state index contributed by atoms with van der Waals surface area (Å²) in [5.74, 6) is -0.422. The summed E-state index contributed by atoms with van der Waals surface area (Å²) < 4.78 is 17.6. The normalized spacial score (nSPS) is 15.3. The standard InChI is InChI=1S/C26H24N2O6S/c1-5-34-25(31)21-15(2)27-26-28(22(21)18-8-6-7-9-19(18)32-3)23(29)20(35-26)14-16-10-12-17(13-11-16)24(30)33-4/h6-14,22H,5H2,1-4H3/b20-14+/t22-/m1/s1. The zero-order valence-electron chi connectivity index (χ0n) is 19.7. The van der Waals surface area contributed by atoms with E-state index in [9.17, 15) is 14.4 Å². The van der Waals surface area contributed by atoms with Gasteiger partial charge in [0.25, 0.3) is 5.56 Å². The molecule has 0 unspecified atom stereocenters. The highest BCUT2D eigenvalue weighted by Gasteiger charge is 2.34. The predicted molar refractivity (Wildman–Crippen MR) is 131 cm³/mol. The van der Waals surface area contributed by atoms with Gasteiger partial charge in [-0.1, -0.05) is 41.7 Å². The van der Waals surface area contributed by atoms with Crippen LogP contribution < -0.4 is 19.6 Å². The van der Waals surface area contributed by atoms with Crippen LogP contribution in [0.25, 0.3) is 6.08 Å². The zero-order chi connectivity index (χ0) is 25.1. The molecule has 0 N–H and O–H groups in total. The lowest BCUT2D eigenvalue weighted by molar-refractivity contribution is -0.139. The highest BCUT2D eigenvalue weighted by Crippen LogP contribution is 2.35. The van der Waals surface area contributed by atoms with Crippen molar-refractivity contribution in [3.05, 3.63) is 96.2 Å². The second-order valence-electron chi connectivity index (χ2n) is 7.66. The van der Waals surface area contributed by atoms with Crippen LogP contribution in [0.1, 0.15) is 41.4 Å². The Morgan fingerprint density at radius 2 is 1.80 bits per heavy atom. The van der Waals surface area contributed by atoms with Crippen LogP contribution in [0.15, 0.2) is 69.6 Å². The fourth-order valence-corrected chi connectivity index (χ4v) is 5.01. The molecule has 8 nitrogen and oxygen atoms in total. The van der Waals surface area contributed by atoms with E-state index in [1.54, 1.807) is 57.4 Å². The van der Waals surface area contributed by atoms with Gasteiger partial charge in [0.15, 0.2) is 4.80 Å². The molecule has 1 atom stereocenters. The van der Waals surface area contributed by atoms with Gasteiger partial charge in [-0.25, -0.2) is 14.6 Å². The number of rotatable bonds is 6. The number of aromatic nitrogens is 1. The zero-order valence-corrected chi connectivity index (χ0v) is 20.5. The average Bonchev–Trinajstić information content (AvgIpc) is 3.17. The summed E-state index contributed by atoms with van der Waals surface area (Å²) in [6.07, 6.45) is 1.73. The van der Waals surface area contributed by atoms with Crippen molar-refractivity contribution in [3.8, 4) is 5.75 Å². The van der Waals surface area contributed by atoms with E-state index in [0.29, 0.717) is 31.9 Å².